The molecule has 1 aromatic carbocycles. The Morgan fingerprint density at radius 2 is 1.81 bits per heavy atom. The summed E-state index contributed by atoms with van der Waals surface area (Å²) in [5.74, 6) is -1.10. The lowest BCUT2D eigenvalue weighted by atomic mass is 10.2. The molecule has 0 spiro atoms. The normalized spacial score (nSPS) is 10.5. The molecule has 0 aliphatic rings. The molecule has 1 aromatic heterocycles. The zero-order valence-corrected chi connectivity index (χ0v) is 19.0. The number of benzene rings is 1. The molecule has 1 unspecified atom stereocenters. The number of carbonyl (C=O) groups is 2. The first-order valence-electron chi connectivity index (χ1n) is 10.1. The minimum Gasteiger partial charge on any atom is -0.503 e. The zero-order chi connectivity index (χ0) is 23.6. The quantitative estimate of drug-likeness (QED) is 0.608. The molecule has 2 aromatic rings. The van der Waals surface area contributed by atoms with Gasteiger partial charge in [0.25, 0.3) is 5.91 Å². The number of ether oxygens (including phenoxy) is 3. The van der Waals surface area contributed by atoms with Crippen LogP contribution in [0.3, 0.4) is 0 Å². The van der Waals surface area contributed by atoms with Gasteiger partial charge >= 0.3 is 5.97 Å². The van der Waals surface area contributed by atoms with Gasteiger partial charge in [-0.25, -0.2) is 4.98 Å². The van der Waals surface area contributed by atoms with Gasteiger partial charge in [-0.2, -0.15) is 0 Å². The Morgan fingerprint density at radius 1 is 1.16 bits per heavy atom. The van der Waals surface area contributed by atoms with Crippen molar-refractivity contribution in [3.63, 3.8) is 0 Å². The molecule has 1 atom stereocenters. The van der Waals surface area contributed by atoms with Crippen LogP contribution in [0.5, 0.6) is 11.5 Å². The average molecular weight is 435 g/mol. The number of aromatic nitrogens is 1. The van der Waals surface area contributed by atoms with Crippen LogP contribution in [0.1, 0.15) is 49.7 Å². The molecule has 0 aliphatic carbocycles. The molecule has 0 aliphatic heterocycles. The van der Waals surface area contributed by atoms with Crippen molar-refractivity contribution in [2.24, 2.45) is 5.73 Å². The third-order valence-electron chi connectivity index (χ3n) is 3.66. The number of aromatic hydroxyl groups is 1. The number of hydrogen-bond acceptors (Lipinski definition) is 7. The predicted molar refractivity (Wildman–Crippen MR) is 119 cm³/mol. The van der Waals surface area contributed by atoms with Crippen LogP contribution in [0.4, 0.5) is 0 Å². The van der Waals surface area contributed by atoms with Crippen LogP contribution in [0, 0.1) is 6.92 Å². The molecule has 0 radical (unpaired) electrons. The standard InChI is InChI=1S/C9H18O3.C7H8N2O3.C7H8/c1-4-6-11-8(3)7-12-9(10)5-2;1-12-4-2-3-9-5(6(4)10)7(8)11;1-7-5-3-2-4-6-7/h8H,4-7H2,1-3H3;2-3,10H,1H3,(H2,8,11);2-6H,1H3. The molecule has 1 amide bonds. The molecule has 0 saturated carbocycles. The van der Waals surface area contributed by atoms with Crippen molar-refractivity contribution < 1.29 is 28.9 Å². The van der Waals surface area contributed by atoms with Gasteiger partial charge in [0.1, 0.15) is 6.61 Å². The van der Waals surface area contributed by atoms with Gasteiger partial charge in [-0.1, -0.05) is 49.7 Å². The second kappa shape index (κ2) is 16.6. The maximum atomic E-state index is 10.7. The number of aryl methyl sites for hydroxylation is 1. The van der Waals surface area contributed by atoms with Crippen LogP contribution in [0.2, 0.25) is 0 Å². The van der Waals surface area contributed by atoms with Crippen molar-refractivity contribution >= 4 is 11.9 Å². The lowest BCUT2D eigenvalue weighted by Gasteiger charge is -2.11. The summed E-state index contributed by atoms with van der Waals surface area (Å²) < 4.78 is 14.9. The van der Waals surface area contributed by atoms with Gasteiger partial charge in [0.05, 0.1) is 13.2 Å². The van der Waals surface area contributed by atoms with E-state index in [0.29, 0.717) is 13.0 Å². The zero-order valence-electron chi connectivity index (χ0n) is 19.0. The highest BCUT2D eigenvalue weighted by Gasteiger charge is 2.12. The molecule has 1 heterocycles. The van der Waals surface area contributed by atoms with E-state index < -0.39 is 5.91 Å². The number of methoxy groups -OCH3 is 1. The summed E-state index contributed by atoms with van der Waals surface area (Å²) in [6.07, 6.45) is 2.77. The Balaban J connectivity index is 0.000000451. The lowest BCUT2D eigenvalue weighted by Crippen LogP contribution is -2.18. The number of nitrogens with two attached hydrogens (primary N) is 1. The average Bonchev–Trinajstić information content (AvgIpc) is 2.77. The first-order valence-corrected chi connectivity index (χ1v) is 10.1. The summed E-state index contributed by atoms with van der Waals surface area (Å²) in [6, 6.07) is 11.7. The van der Waals surface area contributed by atoms with Gasteiger partial charge in [0.15, 0.2) is 17.2 Å². The molecule has 0 bridgehead atoms. The van der Waals surface area contributed by atoms with Crippen LogP contribution in [-0.2, 0) is 14.3 Å². The number of esters is 1. The first kappa shape index (κ1) is 27.9. The van der Waals surface area contributed by atoms with Crippen molar-refractivity contribution in [2.45, 2.75) is 46.6 Å². The van der Waals surface area contributed by atoms with Crippen molar-refractivity contribution in [1.82, 2.24) is 4.98 Å². The summed E-state index contributed by atoms with van der Waals surface area (Å²) in [5, 5.41) is 9.27. The van der Waals surface area contributed by atoms with E-state index in [0.717, 1.165) is 13.0 Å². The molecular formula is C23H34N2O6. The van der Waals surface area contributed by atoms with Gasteiger partial charge in [-0.15, -0.1) is 0 Å². The molecule has 8 nitrogen and oxygen atoms in total. The Labute approximate surface area is 184 Å². The molecule has 0 fully saturated rings. The summed E-state index contributed by atoms with van der Waals surface area (Å²) in [7, 11) is 1.37. The molecule has 31 heavy (non-hydrogen) atoms. The second-order valence-electron chi connectivity index (χ2n) is 6.45. The van der Waals surface area contributed by atoms with Gasteiger partial charge in [-0.05, 0) is 20.3 Å². The first-order chi connectivity index (χ1) is 14.8. The summed E-state index contributed by atoms with van der Waals surface area (Å²) in [6.45, 7) is 8.90. The largest absolute Gasteiger partial charge is 0.503 e. The third-order valence-corrected chi connectivity index (χ3v) is 3.66. The van der Waals surface area contributed by atoms with Crippen molar-refractivity contribution in [1.29, 1.82) is 0 Å². The maximum absolute atomic E-state index is 10.7. The van der Waals surface area contributed by atoms with E-state index in [9.17, 15) is 14.7 Å². The number of amides is 1. The van der Waals surface area contributed by atoms with Crippen molar-refractivity contribution in [2.75, 3.05) is 20.3 Å². The maximum Gasteiger partial charge on any atom is 0.305 e. The SMILES string of the molecule is CCCOC(C)COC(=O)CC.COc1ccnc(C(N)=O)c1O.Cc1ccccc1. The van der Waals surface area contributed by atoms with Crippen molar-refractivity contribution in [3.05, 3.63) is 53.9 Å². The van der Waals surface area contributed by atoms with Crippen LogP contribution < -0.4 is 10.5 Å². The van der Waals surface area contributed by atoms with E-state index in [-0.39, 0.29) is 29.3 Å². The van der Waals surface area contributed by atoms with Crippen LogP contribution in [0.25, 0.3) is 0 Å². The number of primary amides is 1. The van der Waals surface area contributed by atoms with E-state index in [2.05, 4.69) is 24.0 Å². The number of nitrogens with zero attached hydrogens (tertiary/aromatic N) is 1. The van der Waals surface area contributed by atoms with E-state index in [1.165, 1.54) is 24.9 Å². The Bertz CT molecular complexity index is 768. The Kier molecular flexibility index (Phi) is 15.0. The lowest BCUT2D eigenvalue weighted by molar-refractivity contribution is -0.147. The Hall–Kier alpha value is -3.13. The Morgan fingerprint density at radius 3 is 2.26 bits per heavy atom. The predicted octanol–water partition coefficient (Wildman–Crippen LogP) is 3.64. The fraction of sp³-hybridized carbons (Fsp3) is 0.435. The summed E-state index contributed by atoms with van der Waals surface area (Å²) >= 11 is 0. The highest BCUT2D eigenvalue weighted by Crippen LogP contribution is 2.26. The highest BCUT2D eigenvalue weighted by atomic mass is 16.6. The van der Waals surface area contributed by atoms with E-state index >= 15 is 0 Å². The fourth-order valence-electron chi connectivity index (χ4n) is 2.00. The molecular weight excluding hydrogens is 400 g/mol. The third kappa shape index (κ3) is 12.9. The molecule has 172 valence electrons. The fourth-order valence-corrected chi connectivity index (χ4v) is 2.00. The van der Waals surface area contributed by atoms with Gasteiger partial charge in [0, 0.05) is 25.3 Å². The van der Waals surface area contributed by atoms with E-state index in [1.54, 1.807) is 6.92 Å². The number of pyridine rings is 1. The van der Waals surface area contributed by atoms with E-state index in [1.807, 2.05) is 32.0 Å². The number of carbonyl (C=O) groups excluding carboxylic acids is 2. The van der Waals surface area contributed by atoms with Gasteiger partial charge in [-0.3, -0.25) is 9.59 Å². The van der Waals surface area contributed by atoms with Crippen molar-refractivity contribution in [3.8, 4) is 11.5 Å². The molecule has 2 rings (SSSR count). The molecule has 3 N–H and O–H groups in total. The van der Waals surface area contributed by atoms with Gasteiger partial charge in [0.2, 0.25) is 0 Å². The van der Waals surface area contributed by atoms with Crippen LogP contribution in [0.15, 0.2) is 42.6 Å². The minimum atomic E-state index is -0.786. The molecule has 0 saturated heterocycles. The molecule has 8 heteroatoms. The van der Waals surface area contributed by atoms with Crippen LogP contribution in [-0.4, -0.2) is 48.4 Å². The second-order valence-corrected chi connectivity index (χ2v) is 6.45. The monoisotopic (exact) mass is 434 g/mol. The summed E-state index contributed by atoms with van der Waals surface area (Å²) in [5.41, 5.74) is 6.06. The number of rotatable bonds is 8. The number of hydrogen-bond donors (Lipinski definition) is 2. The smallest absolute Gasteiger partial charge is 0.305 e. The van der Waals surface area contributed by atoms with Crippen LogP contribution >= 0.6 is 0 Å². The minimum absolute atomic E-state index is 0.0143. The van der Waals surface area contributed by atoms with E-state index in [4.69, 9.17) is 19.9 Å². The summed E-state index contributed by atoms with van der Waals surface area (Å²) in [4.78, 5) is 24.9. The highest BCUT2D eigenvalue weighted by molar-refractivity contribution is 5.94. The topological polar surface area (TPSA) is 121 Å². The van der Waals surface area contributed by atoms with Gasteiger partial charge < -0.3 is 25.1 Å².